The van der Waals surface area contributed by atoms with Crippen LogP contribution in [-0.4, -0.2) is 14.3 Å². The standard InChI is InChI=1S/C13H10ClFN2O3S/c14-8-5-6-12(10(15)7-8)21(19,20)17-11-4-2-1-3-9(11)13(16)18/h1-7,17H,(H2,16,18). The van der Waals surface area contributed by atoms with Crippen molar-refractivity contribution in [2.24, 2.45) is 5.73 Å². The van der Waals surface area contributed by atoms with Crippen LogP contribution in [0.3, 0.4) is 0 Å². The normalized spacial score (nSPS) is 11.1. The number of benzene rings is 2. The molecule has 3 N–H and O–H groups in total. The van der Waals surface area contributed by atoms with E-state index in [9.17, 15) is 17.6 Å². The van der Waals surface area contributed by atoms with Crippen LogP contribution in [0.2, 0.25) is 5.02 Å². The van der Waals surface area contributed by atoms with Gasteiger partial charge in [-0.3, -0.25) is 9.52 Å². The van der Waals surface area contributed by atoms with Gasteiger partial charge in [-0.1, -0.05) is 23.7 Å². The van der Waals surface area contributed by atoms with Crippen LogP contribution >= 0.6 is 11.6 Å². The van der Waals surface area contributed by atoms with E-state index >= 15 is 0 Å². The number of primary amides is 1. The van der Waals surface area contributed by atoms with Crippen LogP contribution in [0.5, 0.6) is 0 Å². The number of para-hydroxylation sites is 1. The second-order valence-electron chi connectivity index (χ2n) is 4.09. The molecule has 0 aliphatic carbocycles. The van der Waals surface area contributed by atoms with Gasteiger partial charge in [0.05, 0.1) is 11.3 Å². The quantitative estimate of drug-likeness (QED) is 0.903. The summed E-state index contributed by atoms with van der Waals surface area (Å²) >= 11 is 5.58. The van der Waals surface area contributed by atoms with E-state index in [4.69, 9.17) is 17.3 Å². The minimum atomic E-state index is -4.21. The molecule has 0 heterocycles. The minimum absolute atomic E-state index is 0.0181. The van der Waals surface area contributed by atoms with Gasteiger partial charge in [0.25, 0.3) is 15.9 Å². The predicted molar refractivity (Wildman–Crippen MR) is 77.2 cm³/mol. The van der Waals surface area contributed by atoms with Gasteiger partial charge in [-0.2, -0.15) is 0 Å². The number of halogens is 2. The summed E-state index contributed by atoms with van der Waals surface area (Å²) in [5, 5.41) is 0.0731. The van der Waals surface area contributed by atoms with Crippen LogP contribution in [0.25, 0.3) is 0 Å². The number of carbonyl (C=O) groups excluding carboxylic acids is 1. The molecule has 1 amide bonds. The summed E-state index contributed by atoms with van der Waals surface area (Å²) in [6, 6.07) is 8.93. The molecule has 2 aromatic rings. The Morgan fingerprint density at radius 3 is 2.48 bits per heavy atom. The van der Waals surface area contributed by atoms with E-state index in [0.717, 1.165) is 12.1 Å². The van der Waals surface area contributed by atoms with E-state index < -0.39 is 26.6 Å². The van der Waals surface area contributed by atoms with E-state index in [1.165, 1.54) is 30.3 Å². The van der Waals surface area contributed by atoms with Gasteiger partial charge in [-0.15, -0.1) is 0 Å². The largest absolute Gasteiger partial charge is 0.366 e. The molecule has 8 heteroatoms. The third-order valence-electron chi connectivity index (χ3n) is 2.62. The molecule has 0 atom stereocenters. The van der Waals surface area contributed by atoms with Crippen LogP contribution in [0.4, 0.5) is 10.1 Å². The molecule has 0 aliphatic heterocycles. The van der Waals surface area contributed by atoms with Crippen molar-refractivity contribution in [1.82, 2.24) is 0 Å². The molecular formula is C13H10ClFN2O3S. The molecule has 0 bridgehead atoms. The highest BCUT2D eigenvalue weighted by Gasteiger charge is 2.21. The summed E-state index contributed by atoms with van der Waals surface area (Å²) < 4.78 is 40.2. The van der Waals surface area contributed by atoms with Crippen molar-refractivity contribution in [3.8, 4) is 0 Å². The van der Waals surface area contributed by atoms with Crippen LogP contribution < -0.4 is 10.5 Å². The second-order valence-corrected chi connectivity index (χ2v) is 6.18. The van der Waals surface area contributed by atoms with E-state index in [1.54, 1.807) is 0 Å². The number of anilines is 1. The smallest absolute Gasteiger partial charge is 0.264 e. The van der Waals surface area contributed by atoms with Crippen molar-refractivity contribution in [3.05, 3.63) is 58.9 Å². The lowest BCUT2D eigenvalue weighted by Gasteiger charge is -2.11. The Bertz CT molecular complexity index is 809. The lowest BCUT2D eigenvalue weighted by molar-refractivity contribution is 0.100. The zero-order chi connectivity index (χ0) is 15.6. The summed E-state index contributed by atoms with van der Waals surface area (Å²) in [7, 11) is -4.21. The lowest BCUT2D eigenvalue weighted by atomic mass is 10.2. The van der Waals surface area contributed by atoms with E-state index in [0.29, 0.717) is 0 Å². The molecule has 0 spiro atoms. The molecule has 110 valence electrons. The topological polar surface area (TPSA) is 89.3 Å². The van der Waals surface area contributed by atoms with Gasteiger partial charge in [-0.05, 0) is 30.3 Å². The van der Waals surface area contributed by atoms with Gasteiger partial charge < -0.3 is 5.73 Å². The maximum atomic E-state index is 13.7. The number of hydrogen-bond acceptors (Lipinski definition) is 3. The first-order chi connectivity index (χ1) is 9.81. The highest BCUT2D eigenvalue weighted by molar-refractivity contribution is 7.92. The number of hydrogen-bond donors (Lipinski definition) is 2. The van der Waals surface area contributed by atoms with Gasteiger partial charge >= 0.3 is 0 Å². The van der Waals surface area contributed by atoms with Gasteiger partial charge in [0, 0.05) is 5.02 Å². The number of carbonyl (C=O) groups is 1. The van der Waals surface area contributed by atoms with Crippen molar-refractivity contribution in [1.29, 1.82) is 0 Å². The Labute approximate surface area is 125 Å². The molecule has 0 saturated carbocycles. The fourth-order valence-electron chi connectivity index (χ4n) is 1.68. The molecule has 5 nitrogen and oxygen atoms in total. The third kappa shape index (κ3) is 3.32. The zero-order valence-electron chi connectivity index (χ0n) is 10.5. The highest BCUT2D eigenvalue weighted by atomic mass is 35.5. The second kappa shape index (κ2) is 5.71. The van der Waals surface area contributed by atoms with Crippen LogP contribution in [0, 0.1) is 5.82 Å². The maximum Gasteiger partial charge on any atom is 0.264 e. The fourth-order valence-corrected chi connectivity index (χ4v) is 2.98. The number of nitrogens with one attached hydrogen (secondary N) is 1. The highest BCUT2D eigenvalue weighted by Crippen LogP contribution is 2.23. The molecule has 0 radical (unpaired) electrons. The van der Waals surface area contributed by atoms with Gasteiger partial charge in [0.15, 0.2) is 0 Å². The van der Waals surface area contributed by atoms with Crippen molar-refractivity contribution in [2.45, 2.75) is 4.90 Å². The Balaban J connectivity index is 2.45. The Morgan fingerprint density at radius 1 is 1.19 bits per heavy atom. The molecule has 0 fully saturated rings. The van der Waals surface area contributed by atoms with Crippen LogP contribution in [0.15, 0.2) is 47.4 Å². The summed E-state index contributed by atoms with van der Waals surface area (Å²) in [5.74, 6) is -1.79. The van der Waals surface area contributed by atoms with Crippen LogP contribution in [-0.2, 0) is 10.0 Å². The third-order valence-corrected chi connectivity index (χ3v) is 4.25. The summed E-state index contributed by atoms with van der Waals surface area (Å²) in [5.41, 5.74) is 5.11. The number of rotatable bonds is 4. The minimum Gasteiger partial charge on any atom is -0.366 e. The fraction of sp³-hybridized carbons (Fsp3) is 0. The van der Waals surface area contributed by atoms with Crippen molar-refractivity contribution >= 4 is 33.2 Å². The predicted octanol–water partition coefficient (Wildman–Crippen LogP) is 2.38. The summed E-state index contributed by atoms with van der Waals surface area (Å²) in [6.45, 7) is 0. The molecule has 2 aromatic carbocycles. The average Bonchev–Trinajstić information content (AvgIpc) is 2.37. The Kier molecular flexibility index (Phi) is 4.15. The molecule has 0 aliphatic rings. The first-order valence-electron chi connectivity index (χ1n) is 5.68. The summed E-state index contributed by atoms with van der Waals surface area (Å²) in [6.07, 6.45) is 0. The lowest BCUT2D eigenvalue weighted by Crippen LogP contribution is -2.19. The van der Waals surface area contributed by atoms with E-state index in [1.807, 2.05) is 0 Å². The molecule has 21 heavy (non-hydrogen) atoms. The summed E-state index contributed by atoms with van der Waals surface area (Å²) in [4.78, 5) is 10.7. The molecule has 0 saturated heterocycles. The maximum absolute atomic E-state index is 13.7. The number of nitrogens with two attached hydrogens (primary N) is 1. The molecular weight excluding hydrogens is 319 g/mol. The van der Waals surface area contributed by atoms with Gasteiger partial charge in [0.1, 0.15) is 10.7 Å². The van der Waals surface area contributed by atoms with E-state index in [-0.39, 0.29) is 16.3 Å². The monoisotopic (exact) mass is 328 g/mol. The zero-order valence-corrected chi connectivity index (χ0v) is 12.1. The number of amides is 1. The molecule has 2 rings (SSSR count). The van der Waals surface area contributed by atoms with Gasteiger partial charge in [-0.25, -0.2) is 12.8 Å². The van der Waals surface area contributed by atoms with Crippen LogP contribution in [0.1, 0.15) is 10.4 Å². The van der Waals surface area contributed by atoms with Crippen molar-refractivity contribution in [2.75, 3.05) is 4.72 Å². The SMILES string of the molecule is NC(=O)c1ccccc1NS(=O)(=O)c1ccc(Cl)cc1F. The van der Waals surface area contributed by atoms with Crippen molar-refractivity contribution < 1.29 is 17.6 Å². The van der Waals surface area contributed by atoms with Crippen molar-refractivity contribution in [3.63, 3.8) is 0 Å². The Hall–Kier alpha value is -2.12. The molecule has 0 aromatic heterocycles. The first kappa shape index (κ1) is 15.3. The van der Waals surface area contributed by atoms with Gasteiger partial charge in [0.2, 0.25) is 0 Å². The molecule has 0 unspecified atom stereocenters. The van der Waals surface area contributed by atoms with E-state index in [2.05, 4.69) is 4.72 Å². The average molecular weight is 329 g/mol. The Morgan fingerprint density at radius 2 is 1.86 bits per heavy atom. The number of sulfonamides is 1. The first-order valence-corrected chi connectivity index (χ1v) is 7.54.